The van der Waals surface area contributed by atoms with Gasteiger partial charge < -0.3 is 5.73 Å². The molecular formula is C13H20N2O2S. The molecule has 1 atom stereocenters. The molecular weight excluding hydrogens is 248 g/mol. The van der Waals surface area contributed by atoms with Gasteiger partial charge in [-0.1, -0.05) is 18.2 Å². The van der Waals surface area contributed by atoms with E-state index in [9.17, 15) is 8.42 Å². The number of hydrogen-bond acceptors (Lipinski definition) is 3. The van der Waals surface area contributed by atoms with Gasteiger partial charge in [0.1, 0.15) is 0 Å². The van der Waals surface area contributed by atoms with Crippen LogP contribution in [0.25, 0.3) is 0 Å². The van der Waals surface area contributed by atoms with Gasteiger partial charge in [0.05, 0.1) is 4.90 Å². The lowest BCUT2D eigenvalue weighted by Gasteiger charge is -2.31. The number of piperidine rings is 1. The van der Waals surface area contributed by atoms with E-state index in [-0.39, 0.29) is 0 Å². The molecule has 0 saturated carbocycles. The van der Waals surface area contributed by atoms with Gasteiger partial charge in [-0.25, -0.2) is 8.42 Å². The molecule has 0 radical (unpaired) electrons. The van der Waals surface area contributed by atoms with Gasteiger partial charge in [-0.2, -0.15) is 4.31 Å². The van der Waals surface area contributed by atoms with Crippen LogP contribution < -0.4 is 5.73 Å². The van der Waals surface area contributed by atoms with Crippen molar-refractivity contribution in [2.75, 3.05) is 19.6 Å². The van der Waals surface area contributed by atoms with Crippen molar-refractivity contribution >= 4 is 10.0 Å². The highest BCUT2D eigenvalue weighted by molar-refractivity contribution is 7.89. The minimum atomic E-state index is -3.32. The van der Waals surface area contributed by atoms with Gasteiger partial charge in [0.25, 0.3) is 0 Å². The summed E-state index contributed by atoms with van der Waals surface area (Å²) < 4.78 is 26.5. The van der Waals surface area contributed by atoms with E-state index in [1.165, 1.54) is 0 Å². The third-order valence-corrected chi connectivity index (χ3v) is 5.32. The van der Waals surface area contributed by atoms with Crippen LogP contribution in [-0.4, -0.2) is 32.4 Å². The number of nitrogens with two attached hydrogens (primary N) is 1. The lowest BCUT2D eigenvalue weighted by Crippen LogP contribution is -2.40. The van der Waals surface area contributed by atoms with E-state index >= 15 is 0 Å². The van der Waals surface area contributed by atoms with Gasteiger partial charge in [0.15, 0.2) is 0 Å². The second kappa shape index (κ2) is 5.82. The topological polar surface area (TPSA) is 63.4 Å². The Morgan fingerprint density at radius 2 is 2.00 bits per heavy atom. The molecule has 4 nitrogen and oxygen atoms in total. The Morgan fingerprint density at radius 1 is 1.28 bits per heavy atom. The Morgan fingerprint density at radius 3 is 2.67 bits per heavy atom. The quantitative estimate of drug-likeness (QED) is 0.898. The van der Waals surface area contributed by atoms with Crippen molar-refractivity contribution in [3.05, 3.63) is 30.3 Å². The van der Waals surface area contributed by atoms with Crippen LogP contribution in [0.5, 0.6) is 0 Å². The maximum atomic E-state index is 12.4. The van der Waals surface area contributed by atoms with E-state index < -0.39 is 10.0 Å². The lowest BCUT2D eigenvalue weighted by molar-refractivity contribution is 0.258. The fraction of sp³-hybridized carbons (Fsp3) is 0.538. The molecule has 1 fully saturated rings. The summed E-state index contributed by atoms with van der Waals surface area (Å²) in [5, 5.41) is 0. The van der Waals surface area contributed by atoms with Crippen molar-refractivity contribution in [3.63, 3.8) is 0 Å². The largest absolute Gasteiger partial charge is 0.330 e. The Kier molecular flexibility index (Phi) is 4.37. The summed E-state index contributed by atoms with van der Waals surface area (Å²) in [7, 11) is -3.32. The number of benzene rings is 1. The summed E-state index contributed by atoms with van der Waals surface area (Å²) in [6, 6.07) is 8.65. The molecule has 18 heavy (non-hydrogen) atoms. The Bertz CT molecular complexity index is 471. The van der Waals surface area contributed by atoms with Gasteiger partial charge in [-0.15, -0.1) is 0 Å². The van der Waals surface area contributed by atoms with E-state index in [2.05, 4.69) is 0 Å². The maximum Gasteiger partial charge on any atom is 0.243 e. The van der Waals surface area contributed by atoms with Crippen molar-refractivity contribution in [1.82, 2.24) is 4.31 Å². The number of rotatable bonds is 4. The van der Waals surface area contributed by atoms with Crippen LogP contribution in [-0.2, 0) is 10.0 Å². The minimum absolute atomic E-state index is 0.387. The van der Waals surface area contributed by atoms with E-state index in [1.807, 2.05) is 6.07 Å². The molecule has 1 aromatic carbocycles. The van der Waals surface area contributed by atoms with Crippen LogP contribution in [0.1, 0.15) is 19.3 Å². The second-order valence-corrected chi connectivity index (χ2v) is 6.70. The number of hydrogen-bond donors (Lipinski definition) is 1. The fourth-order valence-electron chi connectivity index (χ4n) is 2.46. The molecule has 1 saturated heterocycles. The highest BCUT2D eigenvalue weighted by Gasteiger charge is 2.29. The van der Waals surface area contributed by atoms with Gasteiger partial charge in [-0.05, 0) is 43.9 Å². The molecule has 1 unspecified atom stereocenters. The predicted octanol–water partition coefficient (Wildman–Crippen LogP) is 1.44. The summed E-state index contributed by atoms with van der Waals surface area (Å²) in [5.74, 6) is 0.405. The number of nitrogens with zero attached hydrogens (tertiary/aromatic N) is 1. The van der Waals surface area contributed by atoms with Crippen LogP contribution in [0.3, 0.4) is 0 Å². The highest BCUT2D eigenvalue weighted by atomic mass is 32.2. The smallest absolute Gasteiger partial charge is 0.243 e. The normalized spacial score (nSPS) is 21.9. The summed E-state index contributed by atoms with van der Waals surface area (Å²) in [6.07, 6.45) is 2.91. The second-order valence-electron chi connectivity index (χ2n) is 4.76. The van der Waals surface area contributed by atoms with Gasteiger partial charge in [0, 0.05) is 13.1 Å². The van der Waals surface area contributed by atoms with Crippen LogP contribution in [0, 0.1) is 5.92 Å². The minimum Gasteiger partial charge on any atom is -0.330 e. The first kappa shape index (κ1) is 13.5. The first-order valence-corrected chi connectivity index (χ1v) is 7.84. The van der Waals surface area contributed by atoms with Crippen molar-refractivity contribution in [1.29, 1.82) is 0 Å². The fourth-order valence-corrected chi connectivity index (χ4v) is 4.03. The first-order valence-electron chi connectivity index (χ1n) is 6.40. The molecule has 5 heteroatoms. The zero-order valence-corrected chi connectivity index (χ0v) is 11.3. The molecule has 0 bridgehead atoms. The molecule has 2 N–H and O–H groups in total. The summed E-state index contributed by atoms with van der Waals surface area (Å²) in [4.78, 5) is 0.387. The molecule has 2 rings (SSSR count). The molecule has 0 amide bonds. The van der Waals surface area contributed by atoms with Gasteiger partial charge in [-0.3, -0.25) is 0 Å². The molecule has 0 aromatic heterocycles. The lowest BCUT2D eigenvalue weighted by atomic mass is 9.96. The first-order chi connectivity index (χ1) is 8.64. The van der Waals surface area contributed by atoms with E-state index in [1.54, 1.807) is 28.6 Å². The summed E-state index contributed by atoms with van der Waals surface area (Å²) in [5.41, 5.74) is 5.56. The monoisotopic (exact) mass is 268 g/mol. The van der Waals surface area contributed by atoms with Crippen molar-refractivity contribution in [3.8, 4) is 0 Å². The van der Waals surface area contributed by atoms with E-state index in [4.69, 9.17) is 5.73 Å². The standard InChI is InChI=1S/C13H20N2O2S/c14-9-8-12-5-4-10-15(11-12)18(16,17)13-6-2-1-3-7-13/h1-3,6-7,12H,4-5,8-11,14H2. The Balaban J connectivity index is 2.15. The zero-order chi connectivity index (χ0) is 13.0. The average Bonchev–Trinajstić information content (AvgIpc) is 2.40. The summed E-state index contributed by atoms with van der Waals surface area (Å²) >= 11 is 0. The van der Waals surface area contributed by atoms with Gasteiger partial charge in [0.2, 0.25) is 10.0 Å². The zero-order valence-electron chi connectivity index (χ0n) is 10.5. The molecule has 1 heterocycles. The molecule has 1 aromatic rings. The van der Waals surface area contributed by atoms with Crippen molar-refractivity contribution in [2.45, 2.75) is 24.2 Å². The molecule has 0 aliphatic carbocycles. The van der Waals surface area contributed by atoms with Crippen molar-refractivity contribution in [2.24, 2.45) is 11.7 Å². The molecule has 0 spiro atoms. The summed E-state index contributed by atoms with van der Waals surface area (Å²) in [6.45, 7) is 1.86. The molecule has 1 aliphatic rings. The third-order valence-electron chi connectivity index (χ3n) is 3.44. The van der Waals surface area contributed by atoms with Crippen molar-refractivity contribution < 1.29 is 8.42 Å². The van der Waals surface area contributed by atoms with Crippen LogP contribution in [0.2, 0.25) is 0 Å². The highest BCUT2D eigenvalue weighted by Crippen LogP contribution is 2.24. The van der Waals surface area contributed by atoms with E-state index in [0.717, 1.165) is 19.3 Å². The SMILES string of the molecule is NCCC1CCCN(S(=O)(=O)c2ccccc2)C1. The van der Waals surface area contributed by atoms with Crippen LogP contribution >= 0.6 is 0 Å². The van der Waals surface area contributed by atoms with Gasteiger partial charge >= 0.3 is 0 Å². The molecule has 100 valence electrons. The van der Waals surface area contributed by atoms with E-state index in [0.29, 0.717) is 30.4 Å². The third kappa shape index (κ3) is 2.91. The average molecular weight is 268 g/mol. The molecule has 1 aliphatic heterocycles. The maximum absolute atomic E-state index is 12.4. The number of sulfonamides is 1. The predicted molar refractivity (Wildman–Crippen MR) is 71.6 cm³/mol. The van der Waals surface area contributed by atoms with Crippen LogP contribution in [0.15, 0.2) is 35.2 Å². The Hall–Kier alpha value is -0.910. The Labute approximate surface area is 109 Å². The van der Waals surface area contributed by atoms with Crippen LogP contribution in [0.4, 0.5) is 0 Å².